The maximum Gasteiger partial charge on any atom is 0.364 e. The molecule has 2 amide bonds. The van der Waals surface area contributed by atoms with Crippen LogP contribution in [0.2, 0.25) is 0 Å². The van der Waals surface area contributed by atoms with Crippen molar-refractivity contribution in [2.75, 3.05) is 0 Å². The van der Waals surface area contributed by atoms with Crippen molar-refractivity contribution in [3.05, 3.63) is 42.0 Å². The summed E-state index contributed by atoms with van der Waals surface area (Å²) < 4.78 is 0. The van der Waals surface area contributed by atoms with Crippen molar-refractivity contribution in [3.63, 3.8) is 0 Å². The number of hydrogen-bond acceptors (Lipinski definition) is 4. The number of hydroxylamine groups is 2. The summed E-state index contributed by atoms with van der Waals surface area (Å²) in [6, 6.07) is 6.65. The van der Waals surface area contributed by atoms with Gasteiger partial charge in [-0.3, -0.25) is 9.59 Å². The second kappa shape index (κ2) is 4.83. The van der Waals surface area contributed by atoms with Crippen molar-refractivity contribution in [1.29, 1.82) is 0 Å². The van der Waals surface area contributed by atoms with Crippen LogP contribution < -0.4 is 0 Å². The van der Waals surface area contributed by atoms with Crippen LogP contribution in [0.15, 0.2) is 30.8 Å². The molecule has 1 heterocycles. The summed E-state index contributed by atoms with van der Waals surface area (Å²) in [4.78, 5) is 39.3. The number of benzene rings is 1. The van der Waals surface area contributed by atoms with Gasteiger partial charge in [0, 0.05) is 12.8 Å². The van der Waals surface area contributed by atoms with E-state index < -0.39 is 17.8 Å². The third-order valence-electron chi connectivity index (χ3n) is 2.58. The summed E-state index contributed by atoms with van der Waals surface area (Å²) >= 11 is 0. The lowest BCUT2D eigenvalue weighted by molar-refractivity contribution is -0.172. The van der Waals surface area contributed by atoms with Gasteiger partial charge in [0.1, 0.15) is 0 Å². The molecule has 1 fully saturated rings. The van der Waals surface area contributed by atoms with Crippen LogP contribution >= 0.6 is 0 Å². The van der Waals surface area contributed by atoms with Gasteiger partial charge in [-0.05, 0) is 11.6 Å². The van der Waals surface area contributed by atoms with E-state index in [0.29, 0.717) is 10.6 Å². The third-order valence-corrected chi connectivity index (χ3v) is 2.58. The first-order chi connectivity index (χ1) is 8.63. The van der Waals surface area contributed by atoms with Crippen molar-refractivity contribution in [2.45, 2.75) is 12.8 Å². The van der Waals surface area contributed by atoms with Crippen LogP contribution in [0.1, 0.15) is 28.8 Å². The van der Waals surface area contributed by atoms with Gasteiger partial charge in [0.2, 0.25) is 0 Å². The zero-order chi connectivity index (χ0) is 13.1. The summed E-state index contributed by atoms with van der Waals surface area (Å²) in [5, 5.41) is 0.530. The largest absolute Gasteiger partial charge is 0.364 e. The van der Waals surface area contributed by atoms with E-state index >= 15 is 0 Å². The Morgan fingerprint density at radius 3 is 2.44 bits per heavy atom. The molecule has 1 aliphatic rings. The lowest BCUT2D eigenvalue weighted by atomic mass is 10.1. The minimum absolute atomic E-state index is 0.0786. The minimum atomic E-state index is -0.742. The number of amides is 2. The van der Waals surface area contributed by atoms with Crippen molar-refractivity contribution in [2.24, 2.45) is 0 Å². The SMILES string of the molecule is C=Cc1ccccc1C(=O)ON1C(=O)CCC1=O. The van der Waals surface area contributed by atoms with Crippen LogP contribution in [0.3, 0.4) is 0 Å². The van der Waals surface area contributed by atoms with Crippen molar-refractivity contribution < 1.29 is 19.2 Å². The van der Waals surface area contributed by atoms with E-state index in [0.717, 1.165) is 0 Å². The average molecular weight is 245 g/mol. The Morgan fingerprint density at radius 2 is 1.83 bits per heavy atom. The zero-order valence-electron chi connectivity index (χ0n) is 9.59. The highest BCUT2D eigenvalue weighted by Crippen LogP contribution is 2.16. The van der Waals surface area contributed by atoms with Crippen LogP contribution in [0.25, 0.3) is 6.08 Å². The van der Waals surface area contributed by atoms with Crippen LogP contribution in [0.5, 0.6) is 0 Å². The van der Waals surface area contributed by atoms with Crippen molar-refractivity contribution in [1.82, 2.24) is 5.06 Å². The fourth-order valence-corrected chi connectivity index (χ4v) is 1.65. The first kappa shape index (κ1) is 12.0. The number of carbonyl (C=O) groups is 3. The van der Waals surface area contributed by atoms with E-state index in [4.69, 9.17) is 4.84 Å². The molecule has 0 N–H and O–H groups in total. The first-order valence-electron chi connectivity index (χ1n) is 5.43. The second-order valence-corrected chi connectivity index (χ2v) is 3.75. The molecule has 0 spiro atoms. The molecular formula is C13H11NO4. The maximum atomic E-state index is 11.9. The highest BCUT2D eigenvalue weighted by molar-refractivity contribution is 6.03. The first-order valence-corrected chi connectivity index (χ1v) is 5.43. The molecule has 1 aliphatic heterocycles. The molecule has 0 saturated carbocycles. The van der Waals surface area contributed by atoms with E-state index in [-0.39, 0.29) is 18.4 Å². The number of nitrogens with zero attached hydrogens (tertiary/aromatic N) is 1. The fourth-order valence-electron chi connectivity index (χ4n) is 1.65. The predicted molar refractivity (Wildman–Crippen MR) is 63.0 cm³/mol. The molecule has 0 aliphatic carbocycles. The van der Waals surface area contributed by atoms with E-state index in [1.54, 1.807) is 24.3 Å². The normalized spacial score (nSPS) is 14.8. The highest BCUT2D eigenvalue weighted by atomic mass is 16.7. The lowest BCUT2D eigenvalue weighted by Crippen LogP contribution is -2.32. The molecular weight excluding hydrogens is 234 g/mol. The van der Waals surface area contributed by atoms with Gasteiger partial charge >= 0.3 is 5.97 Å². The molecule has 1 aromatic carbocycles. The molecule has 92 valence electrons. The maximum absolute atomic E-state index is 11.9. The summed E-state index contributed by atoms with van der Waals surface area (Å²) in [5.41, 5.74) is 0.849. The number of carbonyl (C=O) groups excluding carboxylic acids is 3. The summed E-state index contributed by atoms with van der Waals surface area (Å²) in [6.07, 6.45) is 1.66. The average Bonchev–Trinajstić information content (AvgIpc) is 2.70. The Bertz CT molecular complexity index is 520. The highest BCUT2D eigenvalue weighted by Gasteiger charge is 2.33. The Hall–Kier alpha value is -2.43. The topological polar surface area (TPSA) is 63.7 Å². The van der Waals surface area contributed by atoms with E-state index in [9.17, 15) is 14.4 Å². The number of imide groups is 1. The van der Waals surface area contributed by atoms with E-state index in [2.05, 4.69) is 6.58 Å². The Kier molecular flexibility index (Phi) is 3.23. The standard InChI is InChI=1S/C13H11NO4/c1-2-9-5-3-4-6-10(9)13(17)18-14-11(15)7-8-12(14)16/h2-6H,1,7-8H2. The summed E-state index contributed by atoms with van der Waals surface area (Å²) in [7, 11) is 0. The smallest absolute Gasteiger partial charge is 0.325 e. The minimum Gasteiger partial charge on any atom is -0.325 e. The molecule has 0 radical (unpaired) electrons. The van der Waals surface area contributed by atoms with Gasteiger partial charge in [-0.15, -0.1) is 5.06 Å². The summed E-state index contributed by atoms with van der Waals surface area (Å²) in [6.45, 7) is 3.58. The van der Waals surface area contributed by atoms with Gasteiger partial charge in [-0.25, -0.2) is 4.79 Å². The predicted octanol–water partition coefficient (Wildman–Crippen LogP) is 1.55. The Labute approximate surface area is 104 Å². The van der Waals surface area contributed by atoms with Gasteiger partial charge in [-0.2, -0.15) is 0 Å². The molecule has 0 bridgehead atoms. The molecule has 1 saturated heterocycles. The number of hydrogen-bond donors (Lipinski definition) is 0. The van der Waals surface area contributed by atoms with Gasteiger partial charge < -0.3 is 4.84 Å². The molecule has 5 heteroatoms. The third kappa shape index (κ3) is 2.15. The quantitative estimate of drug-likeness (QED) is 0.758. The molecule has 0 unspecified atom stereocenters. The van der Waals surface area contributed by atoms with Crippen molar-refractivity contribution >= 4 is 23.9 Å². The Balaban J connectivity index is 2.19. The van der Waals surface area contributed by atoms with E-state index in [1.807, 2.05) is 0 Å². The van der Waals surface area contributed by atoms with Crippen molar-refractivity contribution in [3.8, 4) is 0 Å². The van der Waals surface area contributed by atoms with Crippen LogP contribution in [-0.4, -0.2) is 22.8 Å². The molecule has 5 nitrogen and oxygen atoms in total. The van der Waals surface area contributed by atoms with Gasteiger partial charge in [0.05, 0.1) is 5.56 Å². The van der Waals surface area contributed by atoms with Crippen LogP contribution in [0, 0.1) is 0 Å². The van der Waals surface area contributed by atoms with Gasteiger partial charge in [-0.1, -0.05) is 30.9 Å². The molecule has 2 rings (SSSR count). The fraction of sp³-hybridized carbons (Fsp3) is 0.154. The monoisotopic (exact) mass is 245 g/mol. The second-order valence-electron chi connectivity index (χ2n) is 3.75. The molecule has 0 aromatic heterocycles. The van der Waals surface area contributed by atoms with E-state index in [1.165, 1.54) is 6.08 Å². The summed E-state index contributed by atoms with van der Waals surface area (Å²) in [5.74, 6) is -1.73. The van der Waals surface area contributed by atoms with Crippen LogP contribution in [-0.2, 0) is 14.4 Å². The number of rotatable bonds is 3. The van der Waals surface area contributed by atoms with Gasteiger partial charge in [0.25, 0.3) is 11.8 Å². The Morgan fingerprint density at radius 1 is 1.22 bits per heavy atom. The zero-order valence-corrected chi connectivity index (χ0v) is 9.59. The molecule has 18 heavy (non-hydrogen) atoms. The van der Waals surface area contributed by atoms with Crippen LogP contribution in [0.4, 0.5) is 0 Å². The lowest BCUT2D eigenvalue weighted by Gasteiger charge is -2.13. The van der Waals surface area contributed by atoms with Gasteiger partial charge in [0.15, 0.2) is 0 Å². The molecule has 1 aromatic rings. The molecule has 0 atom stereocenters.